The molecule has 10 rings (SSSR count). The van der Waals surface area contributed by atoms with Crippen LogP contribution in [0.5, 0.6) is 11.5 Å². The second-order valence-corrected chi connectivity index (χ2v) is 17.5. The van der Waals surface area contributed by atoms with E-state index in [0.717, 1.165) is 39.7 Å². The third kappa shape index (κ3) is 4.91. The van der Waals surface area contributed by atoms with Crippen molar-refractivity contribution in [3.8, 4) is 33.8 Å². The first kappa shape index (κ1) is 33.0. The standard InChI is InChI=1S/C51H43NOS/c1-31(2)32-15-20-35(21-16-32)52(37-24-25-39-38-11-7-9-13-41(38)50(3,4)44(39)30-37)36-22-17-33(18-23-36)34-19-26-42-45(29-34)53-49-43(51(42,5)6)27-28-47-48(49)40-12-8-10-14-46(40)54-47/h7-31H,1-6H3. The normalized spacial score (nSPS) is 14.7. The molecule has 0 spiro atoms. The molecular weight excluding hydrogens is 675 g/mol. The van der Waals surface area contributed by atoms with Gasteiger partial charge >= 0.3 is 0 Å². The molecule has 3 heteroatoms. The summed E-state index contributed by atoms with van der Waals surface area (Å²) in [7, 11) is 0. The zero-order valence-electron chi connectivity index (χ0n) is 31.7. The summed E-state index contributed by atoms with van der Waals surface area (Å²) in [5.74, 6) is 2.40. The topological polar surface area (TPSA) is 12.5 Å². The van der Waals surface area contributed by atoms with Gasteiger partial charge in [-0.2, -0.15) is 0 Å². The lowest BCUT2D eigenvalue weighted by atomic mass is 9.75. The highest BCUT2D eigenvalue weighted by atomic mass is 32.1. The third-order valence-corrected chi connectivity index (χ3v) is 13.3. The van der Waals surface area contributed by atoms with Gasteiger partial charge in [0.25, 0.3) is 0 Å². The minimum absolute atomic E-state index is 0.0785. The molecule has 54 heavy (non-hydrogen) atoms. The number of nitrogens with zero attached hydrogens (tertiary/aromatic N) is 1. The van der Waals surface area contributed by atoms with E-state index in [1.807, 2.05) is 11.3 Å². The number of fused-ring (bicyclic) bond motifs is 9. The molecule has 7 aromatic carbocycles. The largest absolute Gasteiger partial charge is 0.456 e. The molecule has 8 aromatic rings. The zero-order chi connectivity index (χ0) is 36.9. The van der Waals surface area contributed by atoms with Crippen LogP contribution in [-0.4, -0.2) is 0 Å². The van der Waals surface area contributed by atoms with Crippen LogP contribution in [0.1, 0.15) is 75.3 Å². The summed E-state index contributed by atoms with van der Waals surface area (Å²) in [6, 6.07) is 54.0. The number of rotatable bonds is 5. The summed E-state index contributed by atoms with van der Waals surface area (Å²) < 4.78 is 9.49. The van der Waals surface area contributed by atoms with Crippen LogP contribution in [0, 0.1) is 0 Å². The molecule has 0 fully saturated rings. The van der Waals surface area contributed by atoms with Gasteiger partial charge in [-0.05, 0) is 99.5 Å². The SMILES string of the molecule is CC(C)c1ccc(N(c2ccc(-c3ccc4c(c3)Oc3c(ccc5sc6ccccc6c35)C4(C)C)cc2)c2ccc3c(c2)C(C)(C)c2ccccc2-3)cc1. The molecule has 2 heterocycles. The quantitative estimate of drug-likeness (QED) is 0.176. The Bertz CT molecular complexity index is 2770. The van der Waals surface area contributed by atoms with Crippen molar-refractivity contribution in [3.63, 3.8) is 0 Å². The van der Waals surface area contributed by atoms with Gasteiger partial charge in [-0.1, -0.05) is 133 Å². The summed E-state index contributed by atoms with van der Waals surface area (Å²) >= 11 is 1.84. The maximum Gasteiger partial charge on any atom is 0.140 e. The Hall–Kier alpha value is -5.64. The molecule has 1 aliphatic carbocycles. The van der Waals surface area contributed by atoms with Gasteiger partial charge in [0.05, 0.1) is 0 Å². The average Bonchev–Trinajstić information content (AvgIpc) is 3.67. The molecule has 0 atom stereocenters. The van der Waals surface area contributed by atoms with Crippen LogP contribution in [0.3, 0.4) is 0 Å². The Balaban J connectivity index is 1.04. The fourth-order valence-electron chi connectivity index (χ4n) is 9.03. The summed E-state index contributed by atoms with van der Waals surface area (Å²) in [6.07, 6.45) is 0. The van der Waals surface area contributed by atoms with E-state index in [2.05, 4.69) is 192 Å². The Morgan fingerprint density at radius 3 is 1.93 bits per heavy atom. The number of ether oxygens (including phenoxy) is 1. The lowest BCUT2D eigenvalue weighted by Crippen LogP contribution is -2.24. The first-order chi connectivity index (χ1) is 26.1. The van der Waals surface area contributed by atoms with Crippen molar-refractivity contribution in [2.45, 2.75) is 58.3 Å². The van der Waals surface area contributed by atoms with Crippen molar-refractivity contribution in [2.75, 3.05) is 4.90 Å². The van der Waals surface area contributed by atoms with E-state index >= 15 is 0 Å². The summed E-state index contributed by atoms with van der Waals surface area (Å²) in [6.45, 7) is 13.9. The maximum atomic E-state index is 6.93. The first-order valence-electron chi connectivity index (χ1n) is 19.1. The van der Waals surface area contributed by atoms with Crippen LogP contribution in [0.25, 0.3) is 42.4 Å². The van der Waals surface area contributed by atoms with Gasteiger partial charge < -0.3 is 9.64 Å². The minimum Gasteiger partial charge on any atom is -0.456 e. The molecule has 0 saturated carbocycles. The fourth-order valence-corrected chi connectivity index (χ4v) is 10.1. The highest BCUT2D eigenvalue weighted by molar-refractivity contribution is 7.25. The van der Waals surface area contributed by atoms with E-state index in [0.29, 0.717) is 5.92 Å². The molecule has 1 aliphatic heterocycles. The monoisotopic (exact) mass is 717 g/mol. The molecule has 2 nitrogen and oxygen atoms in total. The second-order valence-electron chi connectivity index (χ2n) is 16.4. The van der Waals surface area contributed by atoms with Crippen LogP contribution in [0.15, 0.2) is 146 Å². The molecule has 0 radical (unpaired) electrons. The minimum atomic E-state index is -0.194. The lowest BCUT2D eigenvalue weighted by Gasteiger charge is -2.35. The number of anilines is 3. The smallest absolute Gasteiger partial charge is 0.140 e. The molecule has 0 saturated heterocycles. The first-order valence-corrected chi connectivity index (χ1v) is 19.9. The number of hydrogen-bond acceptors (Lipinski definition) is 3. The molecular formula is C51H43NOS. The molecule has 0 amide bonds. The van der Waals surface area contributed by atoms with Crippen molar-refractivity contribution in [1.82, 2.24) is 0 Å². The maximum absolute atomic E-state index is 6.93. The Labute approximate surface area is 322 Å². The summed E-state index contributed by atoms with van der Waals surface area (Å²) in [5, 5.41) is 2.49. The van der Waals surface area contributed by atoms with Crippen molar-refractivity contribution < 1.29 is 4.74 Å². The predicted octanol–water partition coefficient (Wildman–Crippen LogP) is 15.1. The van der Waals surface area contributed by atoms with Gasteiger partial charge in [-0.3, -0.25) is 0 Å². The van der Waals surface area contributed by atoms with Crippen LogP contribution in [0.2, 0.25) is 0 Å². The molecule has 1 aromatic heterocycles. The highest BCUT2D eigenvalue weighted by Gasteiger charge is 2.37. The van der Waals surface area contributed by atoms with Gasteiger partial charge in [0.2, 0.25) is 0 Å². The molecule has 0 bridgehead atoms. The van der Waals surface area contributed by atoms with Gasteiger partial charge in [0.1, 0.15) is 11.5 Å². The molecule has 0 N–H and O–H groups in total. The fraction of sp³-hybridized carbons (Fsp3) is 0.176. The van der Waals surface area contributed by atoms with Crippen molar-refractivity contribution in [2.24, 2.45) is 0 Å². The summed E-state index contributed by atoms with van der Waals surface area (Å²) in [5.41, 5.74) is 14.7. The number of benzene rings is 7. The lowest BCUT2D eigenvalue weighted by molar-refractivity contribution is 0.423. The third-order valence-electron chi connectivity index (χ3n) is 12.1. The van der Waals surface area contributed by atoms with Crippen LogP contribution in [-0.2, 0) is 10.8 Å². The van der Waals surface area contributed by atoms with Crippen molar-refractivity contribution >= 4 is 48.6 Å². The van der Waals surface area contributed by atoms with Gasteiger partial charge in [-0.25, -0.2) is 0 Å². The summed E-state index contributed by atoms with van der Waals surface area (Å²) in [4.78, 5) is 2.40. The van der Waals surface area contributed by atoms with Crippen LogP contribution >= 0.6 is 11.3 Å². The average molecular weight is 718 g/mol. The Morgan fingerprint density at radius 2 is 1.15 bits per heavy atom. The van der Waals surface area contributed by atoms with E-state index in [1.165, 1.54) is 59.1 Å². The molecule has 264 valence electrons. The van der Waals surface area contributed by atoms with Gasteiger partial charge in [-0.15, -0.1) is 11.3 Å². The van der Waals surface area contributed by atoms with Crippen LogP contribution in [0.4, 0.5) is 17.1 Å². The molecule has 2 aliphatic rings. The van der Waals surface area contributed by atoms with Crippen LogP contribution < -0.4 is 9.64 Å². The number of hydrogen-bond donors (Lipinski definition) is 0. The van der Waals surface area contributed by atoms with E-state index in [4.69, 9.17) is 4.74 Å². The van der Waals surface area contributed by atoms with Crippen molar-refractivity contribution in [3.05, 3.63) is 173 Å². The van der Waals surface area contributed by atoms with E-state index in [1.54, 1.807) is 0 Å². The van der Waals surface area contributed by atoms with E-state index < -0.39 is 0 Å². The molecule has 0 unspecified atom stereocenters. The van der Waals surface area contributed by atoms with Gasteiger partial charge in [0, 0.05) is 59.2 Å². The van der Waals surface area contributed by atoms with E-state index in [9.17, 15) is 0 Å². The number of thiophene rings is 1. The van der Waals surface area contributed by atoms with Gasteiger partial charge in [0.15, 0.2) is 0 Å². The highest BCUT2D eigenvalue weighted by Crippen LogP contribution is 2.54. The predicted molar refractivity (Wildman–Crippen MR) is 230 cm³/mol. The second kappa shape index (κ2) is 11.9. The van der Waals surface area contributed by atoms with E-state index in [-0.39, 0.29) is 10.8 Å². The zero-order valence-corrected chi connectivity index (χ0v) is 32.5. The Kier molecular flexibility index (Phi) is 7.28. The van der Waals surface area contributed by atoms with Crippen molar-refractivity contribution in [1.29, 1.82) is 0 Å². The Morgan fingerprint density at radius 1 is 0.519 bits per heavy atom.